The minimum Gasteiger partial charge on any atom is -0.508 e. The summed E-state index contributed by atoms with van der Waals surface area (Å²) in [6.07, 6.45) is 6.32. The molecule has 1 saturated carbocycles. The Morgan fingerprint density at radius 1 is 1.00 bits per heavy atom. The Morgan fingerprint density at radius 2 is 1.73 bits per heavy atom. The summed E-state index contributed by atoms with van der Waals surface area (Å²) < 4.78 is 20.0. The van der Waals surface area contributed by atoms with Gasteiger partial charge in [-0.05, 0) is 48.6 Å². The minimum absolute atomic E-state index is 0.177. The molecule has 0 spiro atoms. The van der Waals surface area contributed by atoms with Gasteiger partial charge in [0.15, 0.2) is 0 Å². The average Bonchev–Trinajstić information content (AvgIpc) is 2.55. The van der Waals surface area contributed by atoms with Crippen molar-refractivity contribution in [2.24, 2.45) is 5.92 Å². The van der Waals surface area contributed by atoms with Crippen LogP contribution in [0, 0.1) is 11.7 Å². The number of phenolic OH excluding ortho intramolecular Hbond substituents is 1. The molecule has 1 N–H and O–H groups in total. The van der Waals surface area contributed by atoms with E-state index < -0.39 is 0 Å². The predicted molar refractivity (Wildman–Crippen MR) is 85.6 cm³/mol. The second-order valence-electron chi connectivity index (χ2n) is 6.00. The quantitative estimate of drug-likeness (QED) is 0.845. The highest BCUT2D eigenvalue weighted by atomic mass is 19.1. The first-order valence-electron chi connectivity index (χ1n) is 7.94. The zero-order valence-electron chi connectivity index (χ0n) is 12.6. The van der Waals surface area contributed by atoms with Gasteiger partial charge in [-0.1, -0.05) is 31.4 Å². The van der Waals surface area contributed by atoms with Gasteiger partial charge in [0, 0.05) is 11.6 Å². The van der Waals surface area contributed by atoms with E-state index in [0.29, 0.717) is 23.8 Å². The molecule has 0 bridgehead atoms. The first kappa shape index (κ1) is 14.9. The van der Waals surface area contributed by atoms with Crippen molar-refractivity contribution in [2.45, 2.75) is 32.1 Å². The van der Waals surface area contributed by atoms with E-state index >= 15 is 0 Å². The molecule has 0 aromatic heterocycles. The molecule has 0 amide bonds. The van der Waals surface area contributed by atoms with Gasteiger partial charge in [0.2, 0.25) is 0 Å². The summed E-state index contributed by atoms with van der Waals surface area (Å²) in [5.74, 6) is 1.07. The molecule has 116 valence electrons. The molecule has 3 rings (SSSR count). The molecule has 2 aromatic carbocycles. The van der Waals surface area contributed by atoms with E-state index in [1.165, 1.54) is 38.2 Å². The lowest BCUT2D eigenvalue weighted by atomic mass is 9.90. The molecule has 0 saturated heterocycles. The van der Waals surface area contributed by atoms with Crippen LogP contribution in [-0.2, 0) is 0 Å². The Balaban J connectivity index is 1.67. The van der Waals surface area contributed by atoms with Crippen LogP contribution < -0.4 is 4.74 Å². The predicted octanol–water partition coefficient (Wildman–Crippen LogP) is 5.16. The van der Waals surface area contributed by atoms with Gasteiger partial charge in [-0.15, -0.1) is 0 Å². The van der Waals surface area contributed by atoms with E-state index in [2.05, 4.69) is 0 Å². The second-order valence-corrected chi connectivity index (χ2v) is 6.00. The van der Waals surface area contributed by atoms with Crippen molar-refractivity contribution in [2.75, 3.05) is 6.61 Å². The van der Waals surface area contributed by atoms with E-state index in [9.17, 15) is 9.50 Å². The summed E-state index contributed by atoms with van der Waals surface area (Å²) >= 11 is 0. The van der Waals surface area contributed by atoms with E-state index in [-0.39, 0.29) is 11.6 Å². The highest BCUT2D eigenvalue weighted by Crippen LogP contribution is 2.29. The Bertz CT molecular complexity index is 616. The maximum absolute atomic E-state index is 14.3. The molecule has 2 aromatic rings. The lowest BCUT2D eigenvalue weighted by Crippen LogP contribution is -2.15. The second kappa shape index (κ2) is 6.82. The summed E-state index contributed by atoms with van der Waals surface area (Å²) in [5, 5.41) is 9.30. The molecule has 0 aliphatic heterocycles. The molecule has 0 radical (unpaired) electrons. The summed E-state index contributed by atoms with van der Waals surface area (Å²) in [4.78, 5) is 0. The van der Waals surface area contributed by atoms with Crippen molar-refractivity contribution >= 4 is 0 Å². The third kappa shape index (κ3) is 3.59. The molecule has 2 nitrogen and oxygen atoms in total. The number of aromatic hydroxyl groups is 1. The number of hydrogen-bond donors (Lipinski definition) is 1. The van der Waals surface area contributed by atoms with Gasteiger partial charge < -0.3 is 9.84 Å². The average molecular weight is 300 g/mol. The Morgan fingerprint density at radius 3 is 2.41 bits per heavy atom. The van der Waals surface area contributed by atoms with Gasteiger partial charge in [-0.25, -0.2) is 4.39 Å². The molecule has 0 atom stereocenters. The molecular formula is C19H21FO2. The van der Waals surface area contributed by atoms with Gasteiger partial charge in [0.25, 0.3) is 0 Å². The smallest absolute Gasteiger partial charge is 0.134 e. The first-order chi connectivity index (χ1) is 10.7. The molecule has 0 unspecified atom stereocenters. The molecule has 1 fully saturated rings. The van der Waals surface area contributed by atoms with Crippen LogP contribution in [0.3, 0.4) is 0 Å². The number of rotatable bonds is 4. The van der Waals surface area contributed by atoms with E-state index in [4.69, 9.17) is 4.74 Å². The maximum Gasteiger partial charge on any atom is 0.134 e. The molecule has 22 heavy (non-hydrogen) atoms. The van der Waals surface area contributed by atoms with Crippen LogP contribution in [0.4, 0.5) is 4.39 Å². The van der Waals surface area contributed by atoms with Crippen LogP contribution in [-0.4, -0.2) is 11.7 Å². The van der Waals surface area contributed by atoms with Crippen molar-refractivity contribution in [3.63, 3.8) is 0 Å². The van der Waals surface area contributed by atoms with Crippen molar-refractivity contribution in [1.29, 1.82) is 0 Å². The topological polar surface area (TPSA) is 29.5 Å². The fraction of sp³-hybridized carbons (Fsp3) is 0.368. The summed E-state index contributed by atoms with van der Waals surface area (Å²) in [6, 6.07) is 11.5. The van der Waals surface area contributed by atoms with E-state index in [1.54, 1.807) is 30.3 Å². The standard InChI is InChI=1S/C19H21FO2/c20-19-12-17(22-13-14-4-2-1-3-5-14)10-11-18(19)15-6-8-16(21)9-7-15/h6-12,14,21H,1-5,13H2. The summed E-state index contributed by atoms with van der Waals surface area (Å²) in [7, 11) is 0. The van der Waals surface area contributed by atoms with Gasteiger partial charge in [-0.3, -0.25) is 0 Å². The van der Waals surface area contributed by atoms with Crippen LogP contribution in [0.25, 0.3) is 11.1 Å². The number of phenols is 1. The third-order valence-electron chi connectivity index (χ3n) is 4.33. The highest BCUT2D eigenvalue weighted by Gasteiger charge is 2.14. The SMILES string of the molecule is Oc1ccc(-c2ccc(OCC3CCCCC3)cc2F)cc1. The van der Waals surface area contributed by atoms with Crippen molar-refractivity contribution in [1.82, 2.24) is 0 Å². The molecule has 1 aliphatic carbocycles. The minimum atomic E-state index is -0.299. The molecule has 3 heteroatoms. The monoisotopic (exact) mass is 300 g/mol. The van der Waals surface area contributed by atoms with Gasteiger partial charge >= 0.3 is 0 Å². The fourth-order valence-electron chi connectivity index (χ4n) is 3.03. The summed E-state index contributed by atoms with van der Waals surface area (Å²) in [5.41, 5.74) is 1.26. The number of halogens is 1. The van der Waals surface area contributed by atoms with Gasteiger partial charge in [-0.2, -0.15) is 0 Å². The highest BCUT2D eigenvalue weighted by molar-refractivity contribution is 5.65. The van der Waals surface area contributed by atoms with Crippen molar-refractivity contribution < 1.29 is 14.2 Å². The largest absolute Gasteiger partial charge is 0.508 e. The Labute approximate surface area is 130 Å². The number of ether oxygens (including phenoxy) is 1. The van der Waals surface area contributed by atoms with Crippen molar-refractivity contribution in [3.8, 4) is 22.6 Å². The van der Waals surface area contributed by atoms with Gasteiger partial charge in [0.1, 0.15) is 17.3 Å². The van der Waals surface area contributed by atoms with Crippen LogP contribution >= 0.6 is 0 Å². The number of benzene rings is 2. The number of hydrogen-bond acceptors (Lipinski definition) is 2. The van der Waals surface area contributed by atoms with Crippen LogP contribution in [0.15, 0.2) is 42.5 Å². The lowest BCUT2D eigenvalue weighted by Gasteiger charge is -2.21. The molecule has 1 aliphatic rings. The molecular weight excluding hydrogens is 279 g/mol. The lowest BCUT2D eigenvalue weighted by molar-refractivity contribution is 0.208. The van der Waals surface area contributed by atoms with E-state index in [0.717, 1.165) is 5.56 Å². The van der Waals surface area contributed by atoms with Crippen LogP contribution in [0.5, 0.6) is 11.5 Å². The summed E-state index contributed by atoms with van der Waals surface area (Å²) in [6.45, 7) is 0.679. The zero-order chi connectivity index (χ0) is 15.4. The zero-order valence-corrected chi connectivity index (χ0v) is 12.6. The fourth-order valence-corrected chi connectivity index (χ4v) is 3.03. The van der Waals surface area contributed by atoms with Gasteiger partial charge in [0.05, 0.1) is 6.61 Å². The van der Waals surface area contributed by atoms with Crippen molar-refractivity contribution in [3.05, 3.63) is 48.3 Å². The third-order valence-corrected chi connectivity index (χ3v) is 4.33. The van der Waals surface area contributed by atoms with E-state index in [1.807, 2.05) is 6.07 Å². The Hall–Kier alpha value is -2.03. The maximum atomic E-state index is 14.3. The molecule has 0 heterocycles. The van der Waals surface area contributed by atoms with Crippen LogP contribution in [0.1, 0.15) is 32.1 Å². The normalized spacial score (nSPS) is 15.7. The van der Waals surface area contributed by atoms with Crippen LogP contribution in [0.2, 0.25) is 0 Å². The Kier molecular flexibility index (Phi) is 4.62. The first-order valence-corrected chi connectivity index (χ1v) is 7.94.